The largest absolute Gasteiger partial charge is 0.324 e. The number of unbranched alkanes of at least 4 members (excludes halogenated alkanes) is 7. The first-order valence-corrected chi connectivity index (χ1v) is 9.26. The van der Waals surface area contributed by atoms with Gasteiger partial charge in [0.2, 0.25) is 0 Å². The highest BCUT2D eigenvalue weighted by Crippen LogP contribution is 2.31. The fraction of sp³-hybridized carbons (Fsp3) is 0.714. The van der Waals surface area contributed by atoms with Gasteiger partial charge in [0.25, 0.3) is 0 Å². The summed E-state index contributed by atoms with van der Waals surface area (Å²) < 4.78 is 0. The monoisotopic (exact) mass is 385 g/mol. The predicted octanol–water partition coefficient (Wildman–Crippen LogP) is 7.14. The molecule has 0 aliphatic rings. The zero-order chi connectivity index (χ0) is 16.7. The lowest BCUT2D eigenvalue weighted by Gasteiger charge is -2.36. The van der Waals surface area contributed by atoms with Crippen LogP contribution in [0.1, 0.15) is 84.0 Å². The molecule has 0 bridgehead atoms. The second kappa shape index (κ2) is 16.5. The van der Waals surface area contributed by atoms with Gasteiger partial charge in [-0.25, -0.2) is 0 Å². The van der Waals surface area contributed by atoms with E-state index in [1.165, 1.54) is 57.8 Å². The zero-order valence-corrected chi connectivity index (χ0v) is 17.1. The normalized spacial score (nSPS) is 12.3. The summed E-state index contributed by atoms with van der Waals surface area (Å²) in [6.45, 7) is 13.9. The van der Waals surface area contributed by atoms with Gasteiger partial charge in [0.05, 0.1) is 0 Å². The van der Waals surface area contributed by atoms with Crippen LogP contribution in [-0.4, -0.2) is 5.54 Å². The maximum atomic E-state index is 6.65. The molecule has 0 heterocycles. The van der Waals surface area contributed by atoms with Crippen LogP contribution in [0.2, 0.25) is 0 Å². The Hall–Kier alpha value is -0.340. The van der Waals surface area contributed by atoms with Crippen LogP contribution in [-0.2, 0) is 0 Å². The molecule has 1 nitrogen and oxygen atoms in total. The molecule has 0 rings (SSSR count). The van der Waals surface area contributed by atoms with Crippen LogP contribution in [0.3, 0.4) is 0 Å². The Balaban J connectivity index is 0. The van der Waals surface area contributed by atoms with E-state index in [-0.39, 0.29) is 22.5 Å². The van der Waals surface area contributed by atoms with Crippen molar-refractivity contribution in [3.8, 4) is 0 Å². The lowest BCUT2D eigenvalue weighted by atomic mass is 9.75. The Labute approximate surface area is 156 Å². The summed E-state index contributed by atoms with van der Waals surface area (Å²) in [5.74, 6) is 0.487. The first kappa shape index (κ1) is 24.9. The molecule has 0 aliphatic heterocycles. The van der Waals surface area contributed by atoms with Gasteiger partial charge in [0.1, 0.15) is 0 Å². The third-order valence-corrected chi connectivity index (χ3v) is 4.72. The van der Waals surface area contributed by atoms with Gasteiger partial charge in [-0.2, -0.15) is 0 Å². The number of halogens is 1. The smallest absolute Gasteiger partial charge is 0.0255 e. The first-order chi connectivity index (χ1) is 10.6. The molecule has 0 amide bonds. The van der Waals surface area contributed by atoms with Crippen molar-refractivity contribution in [2.45, 2.75) is 89.5 Å². The highest BCUT2D eigenvalue weighted by molar-refractivity contribution is 8.93. The fourth-order valence-corrected chi connectivity index (χ4v) is 3.32. The van der Waals surface area contributed by atoms with Crippen LogP contribution in [0.25, 0.3) is 0 Å². The van der Waals surface area contributed by atoms with Crippen LogP contribution in [0.5, 0.6) is 0 Å². The number of hydrogen-bond acceptors (Lipinski definition) is 1. The summed E-state index contributed by atoms with van der Waals surface area (Å²) in [6, 6.07) is 0. The van der Waals surface area contributed by atoms with Gasteiger partial charge in [-0.05, 0) is 31.6 Å². The van der Waals surface area contributed by atoms with E-state index in [4.69, 9.17) is 5.73 Å². The van der Waals surface area contributed by atoms with Crippen molar-refractivity contribution in [2.24, 2.45) is 11.7 Å². The Kier molecular flexibility index (Phi) is 17.9. The molecule has 136 valence electrons. The summed E-state index contributed by atoms with van der Waals surface area (Å²) in [6.07, 6.45) is 20.7. The average Bonchev–Trinajstić information content (AvgIpc) is 2.49. The predicted molar refractivity (Wildman–Crippen MR) is 112 cm³/mol. The topological polar surface area (TPSA) is 26.0 Å². The minimum Gasteiger partial charge on any atom is -0.324 e. The summed E-state index contributed by atoms with van der Waals surface area (Å²) >= 11 is 0. The van der Waals surface area contributed by atoms with Gasteiger partial charge in [0.15, 0.2) is 0 Å². The number of hydrogen-bond donors (Lipinski definition) is 1. The third-order valence-electron chi connectivity index (χ3n) is 4.72. The van der Waals surface area contributed by atoms with Crippen LogP contribution in [0.15, 0.2) is 38.0 Å². The first-order valence-electron chi connectivity index (χ1n) is 9.26. The van der Waals surface area contributed by atoms with Gasteiger partial charge >= 0.3 is 0 Å². The third kappa shape index (κ3) is 11.8. The van der Waals surface area contributed by atoms with E-state index < -0.39 is 0 Å². The Bertz CT molecular complexity index is 288. The van der Waals surface area contributed by atoms with E-state index >= 15 is 0 Å². The molecule has 2 N–H and O–H groups in total. The van der Waals surface area contributed by atoms with Crippen molar-refractivity contribution in [1.82, 2.24) is 0 Å². The van der Waals surface area contributed by atoms with Gasteiger partial charge in [-0.15, -0.1) is 36.7 Å². The van der Waals surface area contributed by atoms with E-state index in [2.05, 4.69) is 26.7 Å². The molecule has 0 aliphatic carbocycles. The average molecular weight is 386 g/mol. The molecule has 0 radical (unpaired) electrons. The van der Waals surface area contributed by atoms with Crippen molar-refractivity contribution >= 4 is 17.0 Å². The molecule has 0 fully saturated rings. The zero-order valence-electron chi connectivity index (χ0n) is 15.4. The molecule has 0 spiro atoms. The summed E-state index contributed by atoms with van der Waals surface area (Å²) in [4.78, 5) is 0. The van der Waals surface area contributed by atoms with Crippen molar-refractivity contribution in [1.29, 1.82) is 0 Å². The summed E-state index contributed by atoms with van der Waals surface area (Å²) in [5, 5.41) is 0. The highest BCUT2D eigenvalue weighted by Gasteiger charge is 2.31. The minimum atomic E-state index is -0.196. The molecule has 1 atom stereocenters. The van der Waals surface area contributed by atoms with Crippen LogP contribution >= 0.6 is 17.0 Å². The molecule has 0 saturated carbocycles. The van der Waals surface area contributed by atoms with E-state index in [0.29, 0.717) is 5.92 Å². The molecule has 1 unspecified atom stereocenters. The molecule has 23 heavy (non-hydrogen) atoms. The summed E-state index contributed by atoms with van der Waals surface area (Å²) in [7, 11) is 0. The van der Waals surface area contributed by atoms with Crippen molar-refractivity contribution in [2.75, 3.05) is 0 Å². The minimum absolute atomic E-state index is 0. The summed E-state index contributed by atoms with van der Waals surface area (Å²) in [5.41, 5.74) is 6.46. The van der Waals surface area contributed by atoms with Gasteiger partial charge in [0, 0.05) is 5.54 Å². The molecule has 0 aromatic rings. The molecule has 0 aromatic heterocycles. The van der Waals surface area contributed by atoms with Crippen molar-refractivity contribution in [3.63, 3.8) is 0 Å². The molecular weight excluding hydrogens is 346 g/mol. The number of nitrogens with two attached hydrogens (primary N) is 1. The molecule has 2 heteroatoms. The van der Waals surface area contributed by atoms with Crippen LogP contribution in [0, 0.1) is 5.92 Å². The lowest BCUT2D eigenvalue weighted by Crippen LogP contribution is -2.46. The van der Waals surface area contributed by atoms with Crippen molar-refractivity contribution in [3.05, 3.63) is 38.0 Å². The van der Waals surface area contributed by atoms with Crippen LogP contribution in [0.4, 0.5) is 0 Å². The van der Waals surface area contributed by atoms with Gasteiger partial charge < -0.3 is 5.73 Å². The highest BCUT2D eigenvalue weighted by atomic mass is 79.9. The van der Waals surface area contributed by atoms with Crippen LogP contribution < -0.4 is 5.73 Å². The molecular formula is C21H40BrN. The van der Waals surface area contributed by atoms with Crippen molar-refractivity contribution < 1.29 is 0 Å². The lowest BCUT2D eigenvalue weighted by molar-refractivity contribution is 0.252. The Morgan fingerprint density at radius 3 is 1.74 bits per heavy atom. The number of allylic oxidation sites excluding steroid dienone is 1. The van der Waals surface area contributed by atoms with Gasteiger partial charge in [-0.1, -0.05) is 76.5 Å². The molecule has 0 saturated heterocycles. The SMILES string of the molecule is Br.C=CCC(CCCCCCCCCC)C(N)(CC=C)CC=C. The second-order valence-corrected chi connectivity index (χ2v) is 6.70. The fourth-order valence-electron chi connectivity index (χ4n) is 3.32. The number of rotatable bonds is 16. The Morgan fingerprint density at radius 1 is 0.826 bits per heavy atom. The van der Waals surface area contributed by atoms with E-state index in [1.54, 1.807) is 0 Å². The quantitative estimate of drug-likeness (QED) is 0.221. The molecule has 0 aromatic carbocycles. The van der Waals surface area contributed by atoms with E-state index in [9.17, 15) is 0 Å². The second-order valence-electron chi connectivity index (χ2n) is 6.70. The maximum Gasteiger partial charge on any atom is 0.0255 e. The standard InChI is InChI=1S/C21H39N.BrH/c1-5-9-10-11-12-13-14-15-17-20(16-6-2)21(22,18-7-3)19-8-4;/h6-8,20H,2-5,9-19,22H2,1H3;1H. The Morgan fingerprint density at radius 2 is 1.30 bits per heavy atom. The maximum absolute atomic E-state index is 6.65. The van der Waals surface area contributed by atoms with Gasteiger partial charge in [-0.3, -0.25) is 0 Å². The van der Waals surface area contributed by atoms with E-state index in [1.807, 2.05) is 18.2 Å². The van der Waals surface area contributed by atoms with E-state index in [0.717, 1.165) is 19.3 Å².